The predicted molar refractivity (Wildman–Crippen MR) is 77.8 cm³/mol. The van der Waals surface area contributed by atoms with Gasteiger partial charge in [0.25, 0.3) is 0 Å². The second-order valence-electron chi connectivity index (χ2n) is 3.75. The Balaban J connectivity index is 2.81. The summed E-state index contributed by atoms with van der Waals surface area (Å²) in [6.45, 7) is 1.98. The van der Waals surface area contributed by atoms with Crippen molar-refractivity contribution in [1.29, 1.82) is 0 Å². The molecule has 0 fully saturated rings. The highest BCUT2D eigenvalue weighted by Crippen LogP contribution is 2.30. The maximum Gasteiger partial charge on any atom is 0.146 e. The summed E-state index contributed by atoms with van der Waals surface area (Å²) in [5, 5.41) is 1.41. The molecule has 0 amide bonds. The van der Waals surface area contributed by atoms with Crippen molar-refractivity contribution in [3.05, 3.63) is 32.8 Å². The summed E-state index contributed by atoms with van der Waals surface area (Å²) in [6, 6.07) is 3.31. The van der Waals surface area contributed by atoms with Gasteiger partial charge in [-0.25, -0.2) is 0 Å². The maximum absolute atomic E-state index is 11.7. The molecule has 1 rings (SSSR count). The summed E-state index contributed by atoms with van der Waals surface area (Å²) >= 11 is 21.2. The Kier molecular flexibility index (Phi) is 6.28. The molecule has 0 aliphatic rings. The molecule has 0 radical (unpaired) electrons. The van der Waals surface area contributed by atoms with Crippen molar-refractivity contribution in [3.8, 4) is 0 Å². The lowest BCUT2D eigenvalue weighted by atomic mass is 10.1. The van der Waals surface area contributed by atoms with Gasteiger partial charge in [-0.05, 0) is 30.5 Å². The number of rotatable bonds is 5. The van der Waals surface area contributed by atoms with Gasteiger partial charge in [-0.2, -0.15) is 0 Å². The topological polar surface area (TPSA) is 17.1 Å². The molecular weight excluding hydrogens is 346 g/mol. The van der Waals surface area contributed by atoms with Gasteiger partial charge in [-0.1, -0.05) is 57.7 Å². The average molecular weight is 358 g/mol. The van der Waals surface area contributed by atoms with Crippen LogP contribution in [-0.4, -0.2) is 10.6 Å². The maximum atomic E-state index is 11.7. The van der Waals surface area contributed by atoms with Crippen LogP contribution in [0, 0.1) is 0 Å². The Labute approximate surface area is 125 Å². The molecule has 5 heteroatoms. The van der Waals surface area contributed by atoms with Gasteiger partial charge in [0.05, 0.1) is 14.9 Å². The minimum absolute atomic E-state index is 0.176. The van der Waals surface area contributed by atoms with Crippen molar-refractivity contribution < 1.29 is 4.79 Å². The van der Waals surface area contributed by atoms with E-state index in [1.807, 2.05) is 6.92 Å². The molecular formula is C12H12BrCl3O. The van der Waals surface area contributed by atoms with E-state index in [0.717, 1.165) is 12.0 Å². The zero-order chi connectivity index (χ0) is 13.0. The number of carbonyl (C=O) groups is 1. The summed E-state index contributed by atoms with van der Waals surface area (Å²) < 4.78 is 0. The first-order chi connectivity index (χ1) is 7.95. The van der Waals surface area contributed by atoms with Crippen molar-refractivity contribution in [2.24, 2.45) is 0 Å². The summed E-state index contributed by atoms with van der Waals surface area (Å²) in [5.74, 6) is 0.176. The molecule has 0 spiro atoms. The van der Waals surface area contributed by atoms with Crippen LogP contribution in [0.4, 0.5) is 0 Å². The molecule has 1 nitrogen and oxygen atoms in total. The number of carbonyl (C=O) groups excluding carboxylic acids is 1. The number of hydrogen-bond donors (Lipinski definition) is 0. The Morgan fingerprint density at radius 3 is 2.41 bits per heavy atom. The second kappa shape index (κ2) is 6.98. The minimum Gasteiger partial charge on any atom is -0.298 e. The molecule has 1 atom stereocenters. The summed E-state index contributed by atoms with van der Waals surface area (Å²) in [5.41, 5.74) is 0.826. The third-order valence-electron chi connectivity index (χ3n) is 2.33. The van der Waals surface area contributed by atoms with Gasteiger partial charge in [0.2, 0.25) is 0 Å². The zero-order valence-corrected chi connectivity index (χ0v) is 13.1. The molecule has 94 valence electrons. The third kappa shape index (κ3) is 4.44. The molecule has 0 N–H and O–H groups in total. The molecule has 0 saturated carbocycles. The second-order valence-corrected chi connectivity index (χ2v) is 6.07. The molecule has 0 aromatic heterocycles. The molecule has 1 unspecified atom stereocenters. The van der Waals surface area contributed by atoms with E-state index in [2.05, 4.69) is 15.9 Å². The van der Waals surface area contributed by atoms with Gasteiger partial charge in [-0.15, -0.1) is 0 Å². The lowest BCUT2D eigenvalue weighted by Crippen LogP contribution is -2.16. The van der Waals surface area contributed by atoms with E-state index >= 15 is 0 Å². The molecule has 0 heterocycles. The number of hydrogen-bond acceptors (Lipinski definition) is 1. The highest BCUT2D eigenvalue weighted by atomic mass is 79.9. The molecule has 1 aromatic carbocycles. The van der Waals surface area contributed by atoms with Gasteiger partial charge in [0, 0.05) is 11.4 Å². The fraction of sp³-hybridized carbons (Fsp3) is 0.417. The average Bonchev–Trinajstić information content (AvgIpc) is 2.26. The van der Waals surface area contributed by atoms with E-state index in [1.165, 1.54) is 0 Å². The van der Waals surface area contributed by atoms with Crippen LogP contribution in [0.2, 0.25) is 15.1 Å². The van der Waals surface area contributed by atoms with Gasteiger partial charge >= 0.3 is 0 Å². The number of halogens is 4. The molecule has 1 aromatic rings. The van der Waals surface area contributed by atoms with Crippen LogP contribution in [0.3, 0.4) is 0 Å². The monoisotopic (exact) mass is 356 g/mol. The fourth-order valence-electron chi connectivity index (χ4n) is 1.43. The first-order valence-electron chi connectivity index (χ1n) is 5.26. The van der Waals surface area contributed by atoms with Crippen LogP contribution >= 0.6 is 50.7 Å². The molecule has 0 saturated heterocycles. The van der Waals surface area contributed by atoms with Crippen molar-refractivity contribution in [1.82, 2.24) is 0 Å². The first kappa shape index (κ1) is 15.3. The minimum atomic E-state index is -0.225. The predicted octanol–water partition coefficient (Wildman–Crippen LogP) is 5.32. The van der Waals surface area contributed by atoms with Crippen molar-refractivity contribution >= 4 is 56.5 Å². The lowest BCUT2D eigenvalue weighted by Gasteiger charge is -2.11. The largest absolute Gasteiger partial charge is 0.298 e. The van der Waals surface area contributed by atoms with Gasteiger partial charge < -0.3 is 0 Å². The summed E-state index contributed by atoms with van der Waals surface area (Å²) in [4.78, 5) is 11.4. The third-order valence-corrected chi connectivity index (χ3v) is 4.24. The Bertz CT molecular complexity index is 420. The summed E-state index contributed by atoms with van der Waals surface area (Å²) in [6.07, 6.45) is 1.93. The van der Waals surface area contributed by atoms with Crippen LogP contribution in [0.5, 0.6) is 0 Å². The number of Topliss-reactive ketones (excluding diaryl/α,β-unsaturated/α-hetero) is 1. The van der Waals surface area contributed by atoms with Crippen molar-refractivity contribution in [3.63, 3.8) is 0 Å². The summed E-state index contributed by atoms with van der Waals surface area (Å²) in [7, 11) is 0. The molecule has 0 aliphatic heterocycles. The fourth-order valence-corrected chi connectivity index (χ4v) is 2.65. The van der Waals surface area contributed by atoms with E-state index in [1.54, 1.807) is 12.1 Å². The van der Waals surface area contributed by atoms with Crippen molar-refractivity contribution in [2.45, 2.75) is 31.0 Å². The van der Waals surface area contributed by atoms with Crippen LogP contribution in [0.25, 0.3) is 0 Å². The first-order valence-corrected chi connectivity index (χ1v) is 7.30. The van der Waals surface area contributed by atoms with Crippen LogP contribution in [-0.2, 0) is 11.2 Å². The Morgan fingerprint density at radius 1 is 1.24 bits per heavy atom. The van der Waals surface area contributed by atoms with Gasteiger partial charge in [-0.3, -0.25) is 4.79 Å². The quantitative estimate of drug-likeness (QED) is 0.514. The lowest BCUT2D eigenvalue weighted by molar-refractivity contribution is -0.118. The van der Waals surface area contributed by atoms with Gasteiger partial charge in [0.15, 0.2) is 0 Å². The highest BCUT2D eigenvalue weighted by molar-refractivity contribution is 9.10. The normalized spacial score (nSPS) is 12.5. The smallest absolute Gasteiger partial charge is 0.146 e. The molecule has 0 aliphatic carbocycles. The number of benzene rings is 1. The van der Waals surface area contributed by atoms with E-state index in [0.29, 0.717) is 27.9 Å². The molecule has 0 bridgehead atoms. The SMILES string of the molecule is CCCC(=O)C(Br)Cc1cc(Cl)c(Cl)cc1Cl. The zero-order valence-electron chi connectivity index (χ0n) is 9.27. The van der Waals surface area contributed by atoms with E-state index < -0.39 is 0 Å². The van der Waals surface area contributed by atoms with Crippen LogP contribution < -0.4 is 0 Å². The number of alkyl halides is 1. The molecule has 17 heavy (non-hydrogen) atoms. The van der Waals surface area contributed by atoms with Crippen LogP contribution in [0.1, 0.15) is 25.3 Å². The van der Waals surface area contributed by atoms with E-state index in [4.69, 9.17) is 34.8 Å². The Hall–Kier alpha value is 0.240. The highest BCUT2D eigenvalue weighted by Gasteiger charge is 2.16. The standard InChI is InChI=1S/C12H12BrCl3O/c1-2-3-12(17)8(13)4-7-5-10(15)11(16)6-9(7)14/h5-6,8H,2-4H2,1H3. The van der Waals surface area contributed by atoms with E-state index in [-0.39, 0.29) is 10.6 Å². The number of ketones is 1. The Morgan fingerprint density at radius 2 is 1.82 bits per heavy atom. The van der Waals surface area contributed by atoms with Crippen molar-refractivity contribution in [2.75, 3.05) is 0 Å². The van der Waals surface area contributed by atoms with Gasteiger partial charge in [0.1, 0.15) is 5.78 Å². The van der Waals surface area contributed by atoms with Crippen LogP contribution in [0.15, 0.2) is 12.1 Å². The van der Waals surface area contributed by atoms with E-state index in [9.17, 15) is 4.79 Å².